The molecule has 1 fully saturated rings. The number of aryl methyl sites for hydroxylation is 1. The fourth-order valence-corrected chi connectivity index (χ4v) is 5.21. The third-order valence-corrected chi connectivity index (χ3v) is 7.31. The summed E-state index contributed by atoms with van der Waals surface area (Å²) in [4.78, 5) is 4.83. The summed E-state index contributed by atoms with van der Waals surface area (Å²) in [5, 5.41) is 4.10. The number of rotatable bonds is 4. The SMILES string of the molecule is Cc1cccc(-c2noc([C@H]3CCCN(S(=O)(=O)c4ccc(Br)cc4)C3)n2)c1. The predicted octanol–water partition coefficient (Wildman–Crippen LogP) is 4.38. The molecule has 0 saturated carbocycles. The molecule has 8 heteroatoms. The fraction of sp³-hybridized carbons (Fsp3) is 0.300. The highest BCUT2D eigenvalue weighted by Crippen LogP contribution is 2.31. The van der Waals surface area contributed by atoms with Gasteiger partial charge in [-0.1, -0.05) is 44.8 Å². The Morgan fingerprint density at radius 1 is 1.18 bits per heavy atom. The molecule has 1 aliphatic rings. The molecule has 1 aliphatic heterocycles. The van der Waals surface area contributed by atoms with Gasteiger partial charge in [0.05, 0.1) is 10.8 Å². The van der Waals surface area contributed by atoms with Crippen LogP contribution in [0.1, 0.15) is 30.2 Å². The first-order valence-corrected chi connectivity index (χ1v) is 11.3. The zero-order valence-corrected chi connectivity index (χ0v) is 17.8. The van der Waals surface area contributed by atoms with Crippen molar-refractivity contribution in [2.75, 3.05) is 13.1 Å². The van der Waals surface area contributed by atoms with E-state index < -0.39 is 10.0 Å². The highest BCUT2D eigenvalue weighted by Gasteiger charge is 2.33. The van der Waals surface area contributed by atoms with Crippen molar-refractivity contribution in [3.63, 3.8) is 0 Å². The molecule has 1 aromatic heterocycles. The van der Waals surface area contributed by atoms with Crippen LogP contribution in [-0.2, 0) is 10.0 Å². The molecule has 0 spiro atoms. The Hall–Kier alpha value is -2.03. The molecule has 2 aromatic carbocycles. The molecule has 28 heavy (non-hydrogen) atoms. The van der Waals surface area contributed by atoms with E-state index in [1.54, 1.807) is 24.3 Å². The number of aromatic nitrogens is 2. The molecule has 146 valence electrons. The lowest BCUT2D eigenvalue weighted by atomic mass is 10.00. The Labute approximate surface area is 172 Å². The fourth-order valence-electron chi connectivity index (χ4n) is 3.42. The minimum atomic E-state index is -3.55. The topological polar surface area (TPSA) is 76.3 Å². The van der Waals surface area contributed by atoms with Gasteiger partial charge in [0.1, 0.15) is 0 Å². The van der Waals surface area contributed by atoms with Crippen LogP contribution in [0.5, 0.6) is 0 Å². The smallest absolute Gasteiger partial charge is 0.243 e. The minimum absolute atomic E-state index is 0.106. The molecule has 2 heterocycles. The minimum Gasteiger partial charge on any atom is -0.339 e. The molecule has 0 unspecified atom stereocenters. The monoisotopic (exact) mass is 461 g/mol. The van der Waals surface area contributed by atoms with E-state index in [1.807, 2.05) is 31.2 Å². The largest absolute Gasteiger partial charge is 0.339 e. The number of hydrogen-bond donors (Lipinski definition) is 0. The maximum atomic E-state index is 13.0. The molecule has 0 bridgehead atoms. The lowest BCUT2D eigenvalue weighted by Gasteiger charge is -2.30. The van der Waals surface area contributed by atoms with Gasteiger partial charge in [-0.25, -0.2) is 8.42 Å². The Bertz CT molecular complexity index is 1080. The van der Waals surface area contributed by atoms with Crippen molar-refractivity contribution in [1.82, 2.24) is 14.4 Å². The zero-order valence-electron chi connectivity index (χ0n) is 15.4. The van der Waals surface area contributed by atoms with Crippen LogP contribution >= 0.6 is 15.9 Å². The number of sulfonamides is 1. The molecule has 3 aromatic rings. The van der Waals surface area contributed by atoms with Crippen molar-refractivity contribution >= 4 is 26.0 Å². The molecule has 1 saturated heterocycles. The lowest BCUT2D eigenvalue weighted by Crippen LogP contribution is -2.39. The van der Waals surface area contributed by atoms with Crippen molar-refractivity contribution in [3.8, 4) is 11.4 Å². The first kappa shape index (κ1) is 19.3. The van der Waals surface area contributed by atoms with Gasteiger partial charge < -0.3 is 4.52 Å². The van der Waals surface area contributed by atoms with Crippen molar-refractivity contribution in [2.45, 2.75) is 30.6 Å². The first-order chi connectivity index (χ1) is 13.4. The quantitative estimate of drug-likeness (QED) is 0.576. The Balaban J connectivity index is 1.55. The van der Waals surface area contributed by atoms with Gasteiger partial charge in [-0.2, -0.15) is 9.29 Å². The normalized spacial score (nSPS) is 18.3. The molecule has 0 N–H and O–H groups in total. The van der Waals surface area contributed by atoms with E-state index in [2.05, 4.69) is 26.1 Å². The van der Waals surface area contributed by atoms with E-state index >= 15 is 0 Å². The maximum absolute atomic E-state index is 13.0. The summed E-state index contributed by atoms with van der Waals surface area (Å²) in [6, 6.07) is 14.6. The Kier molecular flexibility index (Phi) is 5.35. The molecular weight excluding hydrogens is 442 g/mol. The van der Waals surface area contributed by atoms with Gasteiger partial charge in [-0.3, -0.25) is 0 Å². The second-order valence-corrected chi connectivity index (χ2v) is 9.84. The van der Waals surface area contributed by atoms with Gasteiger partial charge >= 0.3 is 0 Å². The van der Waals surface area contributed by atoms with E-state index in [1.165, 1.54) is 4.31 Å². The summed E-state index contributed by atoms with van der Waals surface area (Å²) in [5.74, 6) is 0.920. The Morgan fingerprint density at radius 3 is 2.71 bits per heavy atom. The van der Waals surface area contributed by atoms with Crippen LogP contribution in [0.4, 0.5) is 0 Å². The third kappa shape index (κ3) is 3.90. The van der Waals surface area contributed by atoms with Crippen LogP contribution in [-0.4, -0.2) is 36.0 Å². The van der Waals surface area contributed by atoms with Crippen molar-refractivity contribution in [2.24, 2.45) is 0 Å². The van der Waals surface area contributed by atoms with Crippen molar-refractivity contribution < 1.29 is 12.9 Å². The molecule has 1 atom stereocenters. The molecule has 0 aliphatic carbocycles. The maximum Gasteiger partial charge on any atom is 0.243 e. The van der Waals surface area contributed by atoms with Gasteiger partial charge in [-0.15, -0.1) is 0 Å². The van der Waals surface area contributed by atoms with Gasteiger partial charge in [0, 0.05) is 23.1 Å². The number of hydrogen-bond acceptors (Lipinski definition) is 5. The second-order valence-electron chi connectivity index (χ2n) is 6.98. The van der Waals surface area contributed by atoms with Crippen LogP contribution in [0, 0.1) is 6.92 Å². The summed E-state index contributed by atoms with van der Waals surface area (Å²) in [6.45, 7) is 2.85. The van der Waals surface area contributed by atoms with Crippen molar-refractivity contribution in [1.29, 1.82) is 0 Å². The average molecular weight is 462 g/mol. The number of benzene rings is 2. The molecule has 6 nitrogen and oxygen atoms in total. The zero-order chi connectivity index (χ0) is 19.7. The van der Waals surface area contributed by atoms with Crippen LogP contribution in [0.3, 0.4) is 0 Å². The second kappa shape index (κ2) is 7.77. The summed E-state index contributed by atoms with van der Waals surface area (Å²) in [5.41, 5.74) is 2.01. The van der Waals surface area contributed by atoms with E-state index in [-0.39, 0.29) is 5.92 Å². The number of halogens is 1. The molecule has 0 radical (unpaired) electrons. The standard InChI is InChI=1S/C20H20BrN3O3S/c1-14-4-2-5-15(12-14)19-22-20(27-23-19)16-6-3-11-24(13-16)28(25,26)18-9-7-17(21)8-10-18/h2,4-5,7-10,12,16H,3,6,11,13H2,1H3/t16-/m0/s1. The molecular formula is C20H20BrN3O3S. The molecule has 0 amide bonds. The lowest BCUT2D eigenvalue weighted by molar-refractivity contribution is 0.265. The summed E-state index contributed by atoms with van der Waals surface area (Å²) < 4.78 is 33.8. The molecule has 4 rings (SSSR count). The van der Waals surface area contributed by atoms with Gasteiger partial charge in [0.25, 0.3) is 0 Å². The summed E-state index contributed by atoms with van der Waals surface area (Å²) in [6.07, 6.45) is 1.57. The first-order valence-electron chi connectivity index (χ1n) is 9.10. The van der Waals surface area contributed by atoms with E-state index in [0.717, 1.165) is 28.4 Å². The van der Waals surface area contributed by atoms with Crippen LogP contribution in [0.15, 0.2) is 62.4 Å². The predicted molar refractivity (Wildman–Crippen MR) is 109 cm³/mol. The third-order valence-electron chi connectivity index (χ3n) is 4.90. The van der Waals surface area contributed by atoms with E-state index in [9.17, 15) is 8.42 Å². The summed E-state index contributed by atoms with van der Waals surface area (Å²) >= 11 is 3.34. The number of piperidine rings is 1. The summed E-state index contributed by atoms with van der Waals surface area (Å²) in [7, 11) is -3.55. The van der Waals surface area contributed by atoms with Gasteiger partial charge in [0.15, 0.2) is 0 Å². The van der Waals surface area contributed by atoms with Gasteiger partial charge in [-0.05, 0) is 50.1 Å². The average Bonchev–Trinajstić information content (AvgIpc) is 3.19. The van der Waals surface area contributed by atoms with E-state index in [0.29, 0.717) is 29.7 Å². The Morgan fingerprint density at radius 2 is 1.96 bits per heavy atom. The van der Waals surface area contributed by atoms with Crippen molar-refractivity contribution in [3.05, 3.63) is 64.5 Å². The van der Waals surface area contributed by atoms with Crippen LogP contribution < -0.4 is 0 Å². The number of nitrogens with zero attached hydrogens (tertiary/aromatic N) is 3. The van der Waals surface area contributed by atoms with Gasteiger partial charge in [0.2, 0.25) is 21.7 Å². The van der Waals surface area contributed by atoms with Crippen LogP contribution in [0.25, 0.3) is 11.4 Å². The highest BCUT2D eigenvalue weighted by atomic mass is 79.9. The highest BCUT2D eigenvalue weighted by molar-refractivity contribution is 9.10. The van der Waals surface area contributed by atoms with Crippen LogP contribution in [0.2, 0.25) is 0 Å². The van der Waals surface area contributed by atoms with E-state index in [4.69, 9.17) is 4.52 Å².